The highest BCUT2D eigenvalue weighted by molar-refractivity contribution is 9.10. The summed E-state index contributed by atoms with van der Waals surface area (Å²) in [5.74, 6) is 1.15. The van der Waals surface area contributed by atoms with E-state index in [1.165, 1.54) is 0 Å². The van der Waals surface area contributed by atoms with Gasteiger partial charge in [0.15, 0.2) is 11.5 Å². The summed E-state index contributed by atoms with van der Waals surface area (Å²) in [7, 11) is 1.58. The average molecular weight is 316 g/mol. The standard InChI is InChI=1S/C13H18BrNO3/c1-5-18-11-8-9(6-7-10(11)17-4)15-12(16)13(2,3)14/h6-8H,5H2,1-4H3,(H,15,16). The van der Waals surface area contributed by atoms with Crippen LogP contribution in [0.4, 0.5) is 5.69 Å². The highest BCUT2D eigenvalue weighted by atomic mass is 79.9. The van der Waals surface area contributed by atoms with Crippen LogP contribution in [0.25, 0.3) is 0 Å². The molecule has 0 radical (unpaired) electrons. The zero-order valence-corrected chi connectivity index (χ0v) is 12.6. The SMILES string of the molecule is CCOc1cc(NC(=O)C(C)(C)Br)ccc1OC. The molecule has 0 saturated heterocycles. The van der Waals surface area contributed by atoms with Gasteiger partial charge in [-0.25, -0.2) is 0 Å². The third-order valence-electron chi connectivity index (χ3n) is 2.26. The second-order valence-electron chi connectivity index (χ2n) is 4.23. The van der Waals surface area contributed by atoms with Crippen LogP contribution in [0.3, 0.4) is 0 Å². The van der Waals surface area contributed by atoms with Crippen molar-refractivity contribution in [2.45, 2.75) is 25.1 Å². The monoisotopic (exact) mass is 315 g/mol. The lowest BCUT2D eigenvalue weighted by Gasteiger charge is -2.17. The minimum absolute atomic E-state index is 0.116. The first-order valence-corrected chi connectivity index (χ1v) is 6.49. The predicted octanol–water partition coefficient (Wildman–Crippen LogP) is 3.21. The first-order chi connectivity index (χ1) is 8.38. The molecule has 100 valence electrons. The molecule has 0 aromatic heterocycles. The quantitative estimate of drug-likeness (QED) is 0.849. The van der Waals surface area contributed by atoms with Crippen LogP contribution in [-0.4, -0.2) is 23.9 Å². The maximum absolute atomic E-state index is 11.8. The Morgan fingerprint density at radius 3 is 2.56 bits per heavy atom. The van der Waals surface area contributed by atoms with Gasteiger partial charge in [-0.05, 0) is 32.9 Å². The topological polar surface area (TPSA) is 47.6 Å². The van der Waals surface area contributed by atoms with Gasteiger partial charge in [0.05, 0.1) is 18.0 Å². The minimum atomic E-state index is -0.612. The predicted molar refractivity (Wildman–Crippen MR) is 75.8 cm³/mol. The molecule has 0 atom stereocenters. The number of anilines is 1. The fourth-order valence-corrected chi connectivity index (χ4v) is 1.40. The Labute approximate surface area is 116 Å². The zero-order chi connectivity index (χ0) is 13.8. The van der Waals surface area contributed by atoms with Gasteiger partial charge in [0.1, 0.15) is 0 Å². The fourth-order valence-electron chi connectivity index (χ4n) is 1.30. The molecule has 0 saturated carbocycles. The first kappa shape index (κ1) is 14.8. The van der Waals surface area contributed by atoms with E-state index < -0.39 is 4.32 Å². The molecule has 1 N–H and O–H groups in total. The first-order valence-electron chi connectivity index (χ1n) is 5.69. The fraction of sp³-hybridized carbons (Fsp3) is 0.462. The molecular formula is C13H18BrNO3. The number of rotatable bonds is 5. The van der Waals surface area contributed by atoms with Crippen molar-refractivity contribution in [3.63, 3.8) is 0 Å². The summed E-state index contributed by atoms with van der Waals surface area (Å²) in [4.78, 5) is 11.8. The van der Waals surface area contributed by atoms with E-state index in [0.717, 1.165) is 0 Å². The lowest BCUT2D eigenvalue weighted by molar-refractivity contribution is -0.117. The Morgan fingerprint density at radius 1 is 1.39 bits per heavy atom. The van der Waals surface area contributed by atoms with Crippen LogP contribution < -0.4 is 14.8 Å². The number of nitrogens with one attached hydrogen (secondary N) is 1. The van der Waals surface area contributed by atoms with Crippen molar-refractivity contribution in [1.29, 1.82) is 0 Å². The van der Waals surface area contributed by atoms with Gasteiger partial charge in [-0.2, -0.15) is 0 Å². The van der Waals surface area contributed by atoms with Crippen molar-refractivity contribution in [3.05, 3.63) is 18.2 Å². The molecule has 0 heterocycles. The van der Waals surface area contributed by atoms with Crippen LogP contribution >= 0.6 is 15.9 Å². The Morgan fingerprint density at radius 2 is 2.06 bits per heavy atom. The number of amides is 1. The number of alkyl halides is 1. The highest BCUT2D eigenvalue weighted by Crippen LogP contribution is 2.30. The number of benzene rings is 1. The summed E-state index contributed by atoms with van der Waals surface area (Å²) in [5, 5.41) is 2.81. The maximum atomic E-state index is 11.8. The molecule has 0 aliphatic heterocycles. The number of hydrogen-bond donors (Lipinski definition) is 1. The van der Waals surface area contributed by atoms with Crippen LogP contribution in [0.2, 0.25) is 0 Å². The molecule has 0 aliphatic rings. The molecule has 0 bridgehead atoms. The van der Waals surface area contributed by atoms with Crippen molar-refractivity contribution in [1.82, 2.24) is 0 Å². The van der Waals surface area contributed by atoms with E-state index in [-0.39, 0.29) is 5.91 Å². The summed E-state index contributed by atoms with van der Waals surface area (Å²) >= 11 is 3.31. The molecule has 5 heteroatoms. The molecule has 1 aromatic carbocycles. The van der Waals surface area contributed by atoms with Crippen molar-refractivity contribution in [3.8, 4) is 11.5 Å². The summed E-state index contributed by atoms with van der Waals surface area (Å²) in [6.07, 6.45) is 0. The molecule has 0 unspecified atom stereocenters. The Hall–Kier alpha value is -1.23. The van der Waals surface area contributed by atoms with Gasteiger partial charge in [0, 0.05) is 11.8 Å². The van der Waals surface area contributed by atoms with Gasteiger partial charge in [-0.3, -0.25) is 4.79 Å². The number of ether oxygens (including phenoxy) is 2. The number of halogens is 1. The second-order valence-corrected chi connectivity index (χ2v) is 6.21. The molecule has 1 rings (SSSR count). The summed E-state index contributed by atoms with van der Waals surface area (Å²) in [6, 6.07) is 5.29. The normalized spacial score (nSPS) is 10.9. The molecule has 0 aliphatic carbocycles. The third kappa shape index (κ3) is 3.91. The zero-order valence-electron chi connectivity index (χ0n) is 11.0. The Balaban J connectivity index is 2.91. The number of methoxy groups -OCH3 is 1. The van der Waals surface area contributed by atoms with E-state index in [1.54, 1.807) is 39.2 Å². The van der Waals surface area contributed by atoms with Gasteiger partial charge in [0.2, 0.25) is 5.91 Å². The average Bonchev–Trinajstić information content (AvgIpc) is 2.28. The van der Waals surface area contributed by atoms with Gasteiger partial charge in [-0.1, -0.05) is 15.9 Å². The molecule has 4 nitrogen and oxygen atoms in total. The van der Waals surface area contributed by atoms with E-state index >= 15 is 0 Å². The summed E-state index contributed by atoms with van der Waals surface area (Å²) in [5.41, 5.74) is 0.678. The van der Waals surface area contributed by atoms with E-state index in [2.05, 4.69) is 21.2 Å². The van der Waals surface area contributed by atoms with E-state index in [9.17, 15) is 4.79 Å². The van der Waals surface area contributed by atoms with Crippen molar-refractivity contribution >= 4 is 27.5 Å². The van der Waals surface area contributed by atoms with Crippen LogP contribution in [0, 0.1) is 0 Å². The molecule has 18 heavy (non-hydrogen) atoms. The second kappa shape index (κ2) is 6.09. The van der Waals surface area contributed by atoms with Gasteiger partial charge in [-0.15, -0.1) is 0 Å². The number of carbonyl (C=O) groups is 1. The molecule has 0 spiro atoms. The molecule has 0 fully saturated rings. The van der Waals surface area contributed by atoms with Gasteiger partial charge < -0.3 is 14.8 Å². The Kier molecular flexibility index (Phi) is 5.02. The van der Waals surface area contributed by atoms with Crippen LogP contribution in [0.1, 0.15) is 20.8 Å². The largest absolute Gasteiger partial charge is 0.493 e. The van der Waals surface area contributed by atoms with Crippen molar-refractivity contribution < 1.29 is 14.3 Å². The summed E-state index contributed by atoms with van der Waals surface area (Å²) < 4.78 is 10.0. The smallest absolute Gasteiger partial charge is 0.240 e. The number of hydrogen-bond acceptors (Lipinski definition) is 3. The lowest BCUT2D eigenvalue weighted by atomic mass is 10.2. The lowest BCUT2D eigenvalue weighted by Crippen LogP contribution is -2.30. The summed E-state index contributed by atoms with van der Waals surface area (Å²) in [6.45, 7) is 6.01. The molecule has 1 aromatic rings. The van der Waals surface area contributed by atoms with E-state index in [1.807, 2.05) is 6.92 Å². The minimum Gasteiger partial charge on any atom is -0.493 e. The maximum Gasteiger partial charge on any atom is 0.240 e. The number of carbonyl (C=O) groups excluding carboxylic acids is 1. The Bertz CT molecular complexity index is 427. The van der Waals surface area contributed by atoms with E-state index in [4.69, 9.17) is 9.47 Å². The van der Waals surface area contributed by atoms with Crippen LogP contribution in [0.15, 0.2) is 18.2 Å². The molecule has 1 amide bonds. The van der Waals surface area contributed by atoms with Crippen LogP contribution in [-0.2, 0) is 4.79 Å². The van der Waals surface area contributed by atoms with Gasteiger partial charge >= 0.3 is 0 Å². The highest BCUT2D eigenvalue weighted by Gasteiger charge is 2.23. The van der Waals surface area contributed by atoms with Crippen molar-refractivity contribution in [2.24, 2.45) is 0 Å². The molecular weight excluding hydrogens is 298 g/mol. The van der Waals surface area contributed by atoms with Gasteiger partial charge in [0.25, 0.3) is 0 Å². The van der Waals surface area contributed by atoms with Crippen LogP contribution in [0.5, 0.6) is 11.5 Å². The van der Waals surface area contributed by atoms with E-state index in [0.29, 0.717) is 23.8 Å². The van der Waals surface area contributed by atoms with Crippen molar-refractivity contribution in [2.75, 3.05) is 19.0 Å². The third-order valence-corrected chi connectivity index (χ3v) is 2.62.